The predicted octanol–water partition coefficient (Wildman–Crippen LogP) is 3.52. The highest BCUT2D eigenvalue weighted by molar-refractivity contribution is 5.60. The van der Waals surface area contributed by atoms with Crippen LogP contribution in [0, 0.1) is 11.3 Å². The number of hydrogen-bond donors (Lipinski definition) is 1. The molecule has 5 nitrogen and oxygen atoms in total. The summed E-state index contributed by atoms with van der Waals surface area (Å²) in [5, 5.41) is 13.1. The molecule has 1 aromatic heterocycles. The number of nitriles is 1. The summed E-state index contributed by atoms with van der Waals surface area (Å²) in [6.45, 7) is 10.5. The van der Waals surface area contributed by atoms with E-state index in [1.54, 1.807) is 0 Å². The number of aromatic nitrogens is 1. The van der Waals surface area contributed by atoms with Crippen LogP contribution in [0.15, 0.2) is 0 Å². The minimum Gasteiger partial charge on any atom is -0.376 e. The SMILES string of the molecule is CC(C)c1nc(NC[C@H]2CCCO2)c(C#N)c2c1COC(C)(C)C2. The van der Waals surface area contributed by atoms with E-state index < -0.39 is 0 Å². The number of pyridine rings is 1. The Morgan fingerprint density at radius 2 is 2.17 bits per heavy atom. The van der Waals surface area contributed by atoms with Crippen LogP contribution in [0.1, 0.15) is 68.8 Å². The molecular formula is C19H27N3O2. The summed E-state index contributed by atoms with van der Waals surface area (Å²) in [6, 6.07) is 2.38. The Kier molecular flexibility index (Phi) is 4.80. The van der Waals surface area contributed by atoms with Gasteiger partial charge in [0.2, 0.25) is 0 Å². The Hall–Kier alpha value is -1.64. The van der Waals surface area contributed by atoms with E-state index in [1.807, 2.05) is 0 Å². The summed E-state index contributed by atoms with van der Waals surface area (Å²) in [6.07, 6.45) is 3.13. The van der Waals surface area contributed by atoms with Crippen LogP contribution in [-0.2, 0) is 22.5 Å². The second-order valence-corrected chi connectivity index (χ2v) is 7.69. The van der Waals surface area contributed by atoms with Crippen LogP contribution in [-0.4, -0.2) is 29.8 Å². The van der Waals surface area contributed by atoms with E-state index >= 15 is 0 Å². The molecule has 1 aromatic rings. The van der Waals surface area contributed by atoms with Crippen molar-refractivity contribution < 1.29 is 9.47 Å². The van der Waals surface area contributed by atoms with Gasteiger partial charge in [-0.25, -0.2) is 4.98 Å². The van der Waals surface area contributed by atoms with Gasteiger partial charge in [-0.3, -0.25) is 0 Å². The van der Waals surface area contributed by atoms with Crippen molar-refractivity contribution in [3.8, 4) is 6.07 Å². The maximum atomic E-state index is 9.76. The maximum Gasteiger partial charge on any atom is 0.144 e. The van der Waals surface area contributed by atoms with Crippen molar-refractivity contribution >= 4 is 5.82 Å². The highest BCUT2D eigenvalue weighted by Crippen LogP contribution is 2.36. The molecule has 0 saturated carbocycles. The molecule has 2 aliphatic rings. The van der Waals surface area contributed by atoms with Crippen LogP contribution in [0.2, 0.25) is 0 Å². The molecule has 0 amide bonds. The zero-order chi connectivity index (χ0) is 17.3. The monoisotopic (exact) mass is 329 g/mol. The van der Waals surface area contributed by atoms with E-state index in [2.05, 4.69) is 39.1 Å². The van der Waals surface area contributed by atoms with Crippen molar-refractivity contribution in [1.29, 1.82) is 5.26 Å². The van der Waals surface area contributed by atoms with Gasteiger partial charge in [-0.2, -0.15) is 5.26 Å². The van der Waals surface area contributed by atoms with Gasteiger partial charge in [0, 0.05) is 25.1 Å². The summed E-state index contributed by atoms with van der Waals surface area (Å²) in [7, 11) is 0. The fourth-order valence-corrected chi connectivity index (χ4v) is 3.53. The molecule has 3 heterocycles. The lowest BCUT2D eigenvalue weighted by Crippen LogP contribution is -2.34. The third-order valence-corrected chi connectivity index (χ3v) is 4.83. The minimum absolute atomic E-state index is 0.219. The molecule has 2 aliphatic heterocycles. The highest BCUT2D eigenvalue weighted by Gasteiger charge is 2.32. The van der Waals surface area contributed by atoms with Gasteiger partial charge in [-0.1, -0.05) is 13.8 Å². The van der Waals surface area contributed by atoms with Gasteiger partial charge in [0.25, 0.3) is 0 Å². The van der Waals surface area contributed by atoms with Gasteiger partial charge in [0.1, 0.15) is 11.9 Å². The first kappa shape index (κ1) is 17.2. The molecule has 0 unspecified atom stereocenters. The molecule has 5 heteroatoms. The molecule has 0 aromatic carbocycles. The fraction of sp³-hybridized carbons (Fsp3) is 0.684. The zero-order valence-electron chi connectivity index (χ0n) is 15.1. The molecule has 0 radical (unpaired) electrons. The lowest BCUT2D eigenvalue weighted by atomic mass is 9.86. The van der Waals surface area contributed by atoms with E-state index in [0.29, 0.717) is 30.5 Å². The molecule has 0 aliphatic carbocycles. The molecule has 0 bridgehead atoms. The smallest absolute Gasteiger partial charge is 0.144 e. The molecule has 130 valence electrons. The Morgan fingerprint density at radius 1 is 1.38 bits per heavy atom. The van der Waals surface area contributed by atoms with Crippen molar-refractivity contribution in [3.63, 3.8) is 0 Å². The normalized spacial score (nSPS) is 22.2. The van der Waals surface area contributed by atoms with Gasteiger partial charge >= 0.3 is 0 Å². The highest BCUT2D eigenvalue weighted by atomic mass is 16.5. The molecule has 1 fully saturated rings. The van der Waals surface area contributed by atoms with Crippen LogP contribution in [0.5, 0.6) is 0 Å². The van der Waals surface area contributed by atoms with E-state index in [9.17, 15) is 5.26 Å². The first-order valence-corrected chi connectivity index (χ1v) is 8.86. The number of hydrogen-bond acceptors (Lipinski definition) is 5. The number of nitrogens with one attached hydrogen (secondary N) is 1. The van der Waals surface area contributed by atoms with Gasteiger partial charge in [-0.15, -0.1) is 0 Å². The van der Waals surface area contributed by atoms with Gasteiger partial charge in [0.05, 0.1) is 29.6 Å². The first-order chi connectivity index (χ1) is 11.4. The molecule has 0 spiro atoms. The largest absolute Gasteiger partial charge is 0.376 e. The number of fused-ring (bicyclic) bond motifs is 1. The van der Waals surface area contributed by atoms with Crippen LogP contribution in [0.4, 0.5) is 5.82 Å². The second-order valence-electron chi connectivity index (χ2n) is 7.69. The Morgan fingerprint density at radius 3 is 2.79 bits per heavy atom. The van der Waals surface area contributed by atoms with Crippen LogP contribution >= 0.6 is 0 Å². The quantitative estimate of drug-likeness (QED) is 0.915. The average Bonchev–Trinajstić information content (AvgIpc) is 3.04. The fourth-order valence-electron chi connectivity index (χ4n) is 3.53. The van der Waals surface area contributed by atoms with Gasteiger partial charge in [-0.05, 0) is 38.2 Å². The lowest BCUT2D eigenvalue weighted by Gasteiger charge is -2.34. The Labute approximate surface area is 144 Å². The van der Waals surface area contributed by atoms with Crippen molar-refractivity contribution in [3.05, 3.63) is 22.4 Å². The van der Waals surface area contributed by atoms with Crippen molar-refractivity contribution in [1.82, 2.24) is 4.98 Å². The Balaban J connectivity index is 1.98. The molecule has 1 N–H and O–H groups in total. The zero-order valence-corrected chi connectivity index (χ0v) is 15.1. The summed E-state index contributed by atoms with van der Waals surface area (Å²) in [5.41, 5.74) is 3.66. The van der Waals surface area contributed by atoms with Crippen molar-refractivity contribution in [2.24, 2.45) is 0 Å². The lowest BCUT2D eigenvalue weighted by molar-refractivity contribution is -0.0408. The van der Waals surface area contributed by atoms with E-state index in [4.69, 9.17) is 14.5 Å². The van der Waals surface area contributed by atoms with Gasteiger partial charge < -0.3 is 14.8 Å². The van der Waals surface area contributed by atoms with Crippen molar-refractivity contribution in [2.75, 3.05) is 18.5 Å². The summed E-state index contributed by atoms with van der Waals surface area (Å²) in [4.78, 5) is 4.80. The predicted molar refractivity (Wildman–Crippen MR) is 93.1 cm³/mol. The third kappa shape index (κ3) is 3.40. The molecular weight excluding hydrogens is 302 g/mol. The van der Waals surface area contributed by atoms with Gasteiger partial charge in [0.15, 0.2) is 0 Å². The van der Waals surface area contributed by atoms with Crippen LogP contribution in [0.3, 0.4) is 0 Å². The summed E-state index contributed by atoms with van der Waals surface area (Å²) in [5.74, 6) is 0.993. The molecule has 1 atom stereocenters. The summed E-state index contributed by atoms with van der Waals surface area (Å²) >= 11 is 0. The number of nitrogens with zero attached hydrogens (tertiary/aromatic N) is 2. The molecule has 1 saturated heterocycles. The maximum absolute atomic E-state index is 9.76. The van der Waals surface area contributed by atoms with E-state index in [-0.39, 0.29) is 11.7 Å². The van der Waals surface area contributed by atoms with Crippen molar-refractivity contribution in [2.45, 2.75) is 71.2 Å². The number of ether oxygens (including phenoxy) is 2. The third-order valence-electron chi connectivity index (χ3n) is 4.83. The summed E-state index contributed by atoms with van der Waals surface area (Å²) < 4.78 is 11.7. The molecule has 3 rings (SSSR count). The van der Waals surface area contributed by atoms with Crippen LogP contribution in [0.25, 0.3) is 0 Å². The number of rotatable bonds is 4. The second kappa shape index (κ2) is 6.70. The standard InChI is InChI=1S/C19H27N3O2/c1-12(2)17-16-11-24-19(3,4)8-14(16)15(9-20)18(22-17)21-10-13-6-5-7-23-13/h12-13H,5-8,10-11H2,1-4H3,(H,21,22)/t13-/m1/s1. The van der Waals surface area contributed by atoms with Crippen LogP contribution < -0.4 is 5.32 Å². The average molecular weight is 329 g/mol. The Bertz CT molecular complexity index is 656. The minimum atomic E-state index is -0.250. The topological polar surface area (TPSA) is 67.2 Å². The number of anilines is 1. The first-order valence-electron chi connectivity index (χ1n) is 8.86. The van der Waals surface area contributed by atoms with E-state index in [0.717, 1.165) is 42.7 Å². The molecule has 24 heavy (non-hydrogen) atoms. The van der Waals surface area contributed by atoms with E-state index in [1.165, 1.54) is 0 Å².